The van der Waals surface area contributed by atoms with Crippen molar-refractivity contribution in [1.29, 1.82) is 0 Å². The summed E-state index contributed by atoms with van der Waals surface area (Å²) < 4.78 is 0.384. The van der Waals surface area contributed by atoms with Gasteiger partial charge in [0.2, 0.25) is 0 Å². The number of carbonyl (C=O) groups excluding carboxylic acids is 1. The van der Waals surface area contributed by atoms with Crippen molar-refractivity contribution in [3.8, 4) is 0 Å². The number of carbonyl (C=O) groups is 1. The van der Waals surface area contributed by atoms with Gasteiger partial charge in [-0.1, -0.05) is 86.0 Å². The van der Waals surface area contributed by atoms with Crippen molar-refractivity contribution < 1.29 is 4.79 Å². The maximum absolute atomic E-state index is 11.7. The molecule has 1 nitrogen and oxygen atoms in total. The van der Waals surface area contributed by atoms with Gasteiger partial charge in [-0.05, 0) is 41.1 Å². The van der Waals surface area contributed by atoms with E-state index < -0.39 is 0 Å². The molecule has 0 aliphatic carbocycles. The van der Waals surface area contributed by atoms with Crippen molar-refractivity contribution in [2.45, 2.75) is 85.5 Å². The highest BCUT2D eigenvalue weighted by molar-refractivity contribution is 7.56. The summed E-state index contributed by atoms with van der Waals surface area (Å²) in [5.41, 5.74) is 3.93. The molecule has 1 rings (SSSR count). The van der Waals surface area contributed by atoms with Gasteiger partial charge in [0.15, 0.2) is 5.78 Å². The second-order valence-electron chi connectivity index (χ2n) is 9.63. The number of benzene rings is 1. The Morgan fingerprint density at radius 3 is 1.46 bits per heavy atom. The molecular formula is C21H32ClOP. The molecule has 3 heteroatoms. The average Bonchev–Trinajstić information content (AvgIpc) is 2.34. The lowest BCUT2D eigenvalue weighted by atomic mass is 9.75. The van der Waals surface area contributed by atoms with E-state index >= 15 is 0 Å². The van der Waals surface area contributed by atoms with Crippen LogP contribution in [-0.4, -0.2) is 10.5 Å². The monoisotopic (exact) mass is 366 g/mol. The van der Waals surface area contributed by atoms with Gasteiger partial charge in [0.1, 0.15) is 4.75 Å². The van der Waals surface area contributed by atoms with Gasteiger partial charge in [-0.25, -0.2) is 0 Å². The molecule has 0 N–H and O–H groups in total. The predicted molar refractivity (Wildman–Crippen MR) is 111 cm³/mol. The lowest BCUT2D eigenvalue weighted by molar-refractivity contribution is -0.110. The normalized spacial score (nSPS) is 14.0. The third-order valence-electron chi connectivity index (χ3n) is 4.09. The Bertz CT molecular complexity index is 630. The maximum atomic E-state index is 11.7. The molecule has 0 amide bonds. The van der Waals surface area contributed by atoms with Crippen molar-refractivity contribution in [2.75, 3.05) is 0 Å². The summed E-state index contributed by atoms with van der Waals surface area (Å²) in [4.78, 5) is 11.7. The van der Waals surface area contributed by atoms with E-state index in [1.807, 2.05) is 0 Å². The highest BCUT2D eigenvalue weighted by Gasteiger charge is 2.28. The lowest BCUT2D eigenvalue weighted by Crippen LogP contribution is -2.30. The highest BCUT2D eigenvalue weighted by atomic mass is 35.5. The van der Waals surface area contributed by atoms with Crippen LogP contribution in [0.2, 0.25) is 0 Å². The molecular weight excluding hydrogens is 335 g/mol. The highest BCUT2D eigenvalue weighted by Crippen LogP contribution is 2.35. The van der Waals surface area contributed by atoms with Crippen molar-refractivity contribution >= 4 is 35.6 Å². The van der Waals surface area contributed by atoms with Crippen LogP contribution in [0.3, 0.4) is 0 Å². The molecule has 24 heavy (non-hydrogen) atoms. The van der Waals surface area contributed by atoms with Crippen LogP contribution in [0.15, 0.2) is 12.1 Å². The minimum atomic E-state index is -0.0575. The Kier molecular flexibility index (Phi) is 6.17. The molecule has 0 unspecified atom stereocenters. The first-order valence-electron chi connectivity index (χ1n) is 8.50. The van der Waals surface area contributed by atoms with E-state index in [1.165, 1.54) is 28.9 Å². The van der Waals surface area contributed by atoms with Gasteiger partial charge >= 0.3 is 0 Å². The molecule has 134 valence electrons. The van der Waals surface area contributed by atoms with Crippen LogP contribution >= 0.6 is 19.8 Å². The Balaban J connectivity index is 3.96. The van der Waals surface area contributed by atoms with E-state index in [4.69, 9.17) is 11.6 Å². The fourth-order valence-corrected chi connectivity index (χ4v) is 4.16. The minimum Gasteiger partial charge on any atom is -0.293 e. The first kappa shape index (κ1) is 21.4. The van der Waals surface area contributed by atoms with Crippen LogP contribution in [0, 0.1) is 0 Å². The molecule has 0 radical (unpaired) electrons. The van der Waals surface area contributed by atoms with Crippen molar-refractivity contribution in [1.82, 2.24) is 0 Å². The van der Waals surface area contributed by atoms with Gasteiger partial charge in [-0.3, -0.25) is 4.79 Å². The average molecular weight is 367 g/mol. The first-order valence-corrected chi connectivity index (χ1v) is 9.77. The van der Waals surface area contributed by atoms with Crippen LogP contribution in [-0.2, 0) is 21.0 Å². The zero-order valence-electron chi connectivity index (χ0n) is 16.9. The van der Waals surface area contributed by atoms with Gasteiger partial charge in [-0.15, -0.1) is 0 Å². The summed E-state index contributed by atoms with van der Waals surface area (Å²) in [6.07, 6.45) is 0. The number of hydrogen-bond acceptors (Lipinski definition) is 1. The molecule has 0 heterocycles. The molecule has 0 spiro atoms. The lowest BCUT2D eigenvalue weighted by Gasteiger charge is -2.32. The molecule has 0 saturated carbocycles. The molecule has 0 atom stereocenters. The summed E-state index contributed by atoms with van der Waals surface area (Å²) in [6, 6.07) is 4.61. The number of Topliss-reactive ketones (excluding diaryl/α,β-unsaturated/α-hetero) is 1. The van der Waals surface area contributed by atoms with Crippen LogP contribution in [0.4, 0.5) is 0 Å². The minimum absolute atomic E-state index is 0.0163. The van der Waals surface area contributed by atoms with Crippen LogP contribution in [0.25, 0.3) is 0 Å². The second-order valence-corrected chi connectivity index (χ2v) is 11.4. The molecule has 0 aliphatic rings. The SMILES string of the molecule is CC(=O)C(Cl)=Pc1c(C(C)(C)C)cc(C(C)(C)C)cc1C(C)(C)C. The summed E-state index contributed by atoms with van der Waals surface area (Å²) in [5.74, 6) is -0.0575. The number of halogens is 1. The number of rotatable bonds is 2. The summed E-state index contributed by atoms with van der Waals surface area (Å²) in [5, 5.41) is 1.18. The molecule has 0 bridgehead atoms. The quantitative estimate of drug-likeness (QED) is 0.577. The summed E-state index contributed by atoms with van der Waals surface area (Å²) >= 11 is 6.28. The van der Waals surface area contributed by atoms with Gasteiger partial charge in [0.05, 0.1) is 0 Å². The van der Waals surface area contributed by atoms with Crippen LogP contribution in [0.1, 0.15) is 85.9 Å². The van der Waals surface area contributed by atoms with E-state index in [2.05, 4.69) is 74.4 Å². The number of hydrogen-bond donors (Lipinski definition) is 0. The zero-order valence-corrected chi connectivity index (χ0v) is 18.5. The van der Waals surface area contributed by atoms with Crippen molar-refractivity contribution in [3.63, 3.8) is 0 Å². The molecule has 0 aliphatic heterocycles. The fourth-order valence-electron chi connectivity index (χ4n) is 2.51. The fraction of sp³-hybridized carbons (Fsp3) is 0.619. The van der Waals surface area contributed by atoms with E-state index in [1.54, 1.807) is 0 Å². The largest absolute Gasteiger partial charge is 0.293 e. The molecule has 0 fully saturated rings. The zero-order chi connectivity index (χ0) is 19.1. The molecule has 1 aromatic rings. The van der Waals surface area contributed by atoms with E-state index in [0.717, 1.165) is 8.20 Å². The molecule has 1 aromatic carbocycles. The molecule has 0 aromatic heterocycles. The second kappa shape index (κ2) is 6.93. The summed E-state index contributed by atoms with van der Waals surface area (Å²) in [6.45, 7) is 21.6. The summed E-state index contributed by atoms with van der Waals surface area (Å²) in [7, 11) is 0.813. The van der Waals surface area contributed by atoms with Gasteiger partial charge < -0.3 is 0 Å². The van der Waals surface area contributed by atoms with E-state index in [0.29, 0.717) is 4.75 Å². The third kappa shape index (κ3) is 5.17. The predicted octanol–water partition coefficient (Wildman–Crippen LogP) is 6.11. The Hall–Kier alpha value is -0.650. The number of ketones is 1. The smallest absolute Gasteiger partial charge is 0.175 e. The first-order chi connectivity index (χ1) is 10.5. The topological polar surface area (TPSA) is 17.1 Å². The van der Waals surface area contributed by atoms with E-state index in [-0.39, 0.29) is 22.0 Å². The maximum Gasteiger partial charge on any atom is 0.175 e. The third-order valence-corrected chi connectivity index (χ3v) is 5.83. The van der Waals surface area contributed by atoms with Gasteiger partial charge in [-0.2, -0.15) is 0 Å². The van der Waals surface area contributed by atoms with Gasteiger partial charge in [0.25, 0.3) is 0 Å². The van der Waals surface area contributed by atoms with Crippen LogP contribution in [0.5, 0.6) is 0 Å². The molecule has 0 saturated heterocycles. The van der Waals surface area contributed by atoms with Crippen molar-refractivity contribution in [3.05, 3.63) is 28.8 Å². The standard InChI is InChI=1S/C21H32ClOP/c1-13(23)18(22)24-17-15(20(5,6)7)11-14(19(2,3)4)12-16(17)21(8,9)10/h11-12H,1-10H3. The Morgan fingerprint density at radius 2 is 1.21 bits per heavy atom. The van der Waals surface area contributed by atoms with Crippen LogP contribution < -0.4 is 5.30 Å². The van der Waals surface area contributed by atoms with E-state index in [9.17, 15) is 4.79 Å². The Labute approximate surface area is 155 Å². The van der Waals surface area contributed by atoms with Crippen molar-refractivity contribution in [2.24, 2.45) is 0 Å². The van der Waals surface area contributed by atoms with Gasteiger partial charge in [0, 0.05) is 12.2 Å². The Morgan fingerprint density at radius 1 is 0.833 bits per heavy atom.